The van der Waals surface area contributed by atoms with E-state index in [0.717, 1.165) is 35.0 Å². The van der Waals surface area contributed by atoms with Gasteiger partial charge in [-0.2, -0.15) is 0 Å². The summed E-state index contributed by atoms with van der Waals surface area (Å²) in [5.41, 5.74) is 8.33. The molecule has 0 aromatic heterocycles. The molecule has 20 heavy (non-hydrogen) atoms. The van der Waals surface area contributed by atoms with E-state index in [2.05, 4.69) is 29.6 Å². The molecule has 0 unspecified atom stereocenters. The van der Waals surface area contributed by atoms with Crippen molar-refractivity contribution in [2.24, 2.45) is 5.73 Å². The van der Waals surface area contributed by atoms with Crippen molar-refractivity contribution in [1.82, 2.24) is 0 Å². The molecular weight excluding hydrogens is 248 g/mol. The van der Waals surface area contributed by atoms with Gasteiger partial charge in [0.15, 0.2) is 0 Å². The maximum Gasteiger partial charge on any atom is 0.249 e. The molecule has 0 atom stereocenters. The SMILES string of the molecule is NC(=O)c1cc2c(ccc3ccccc32)c2c1CCN2. The molecule has 3 aromatic carbocycles. The van der Waals surface area contributed by atoms with Crippen LogP contribution in [0.3, 0.4) is 0 Å². The summed E-state index contributed by atoms with van der Waals surface area (Å²) in [6, 6.07) is 14.4. The summed E-state index contributed by atoms with van der Waals surface area (Å²) < 4.78 is 0. The fourth-order valence-electron chi connectivity index (χ4n) is 3.19. The van der Waals surface area contributed by atoms with Crippen molar-refractivity contribution < 1.29 is 4.79 Å². The van der Waals surface area contributed by atoms with Gasteiger partial charge in [0.25, 0.3) is 0 Å². The van der Waals surface area contributed by atoms with Gasteiger partial charge in [-0.25, -0.2) is 0 Å². The Morgan fingerprint density at radius 3 is 2.75 bits per heavy atom. The number of fused-ring (bicyclic) bond motifs is 5. The van der Waals surface area contributed by atoms with Crippen LogP contribution in [-0.4, -0.2) is 12.5 Å². The lowest BCUT2D eigenvalue weighted by Gasteiger charge is -2.12. The molecule has 1 amide bonds. The lowest BCUT2D eigenvalue weighted by molar-refractivity contribution is 0.0999. The number of nitrogens with one attached hydrogen (secondary N) is 1. The van der Waals surface area contributed by atoms with Crippen molar-refractivity contribution in [2.75, 3.05) is 11.9 Å². The van der Waals surface area contributed by atoms with E-state index in [1.54, 1.807) is 0 Å². The molecular formula is C17H14N2O. The van der Waals surface area contributed by atoms with Crippen LogP contribution >= 0.6 is 0 Å². The zero-order chi connectivity index (χ0) is 13.7. The number of carbonyl (C=O) groups excluding carboxylic acids is 1. The number of hydrogen-bond donors (Lipinski definition) is 2. The number of primary amides is 1. The summed E-state index contributed by atoms with van der Waals surface area (Å²) >= 11 is 0. The Balaban J connectivity index is 2.22. The average molecular weight is 262 g/mol. The van der Waals surface area contributed by atoms with Crippen LogP contribution in [0.1, 0.15) is 15.9 Å². The van der Waals surface area contributed by atoms with Crippen LogP contribution in [0.15, 0.2) is 42.5 Å². The van der Waals surface area contributed by atoms with E-state index < -0.39 is 0 Å². The lowest BCUT2D eigenvalue weighted by Crippen LogP contribution is -2.13. The second-order valence-electron chi connectivity index (χ2n) is 5.20. The monoisotopic (exact) mass is 262 g/mol. The number of carbonyl (C=O) groups is 1. The molecule has 0 aliphatic carbocycles. The van der Waals surface area contributed by atoms with Crippen molar-refractivity contribution in [3.63, 3.8) is 0 Å². The first kappa shape index (κ1) is 11.3. The molecule has 3 N–H and O–H groups in total. The first-order valence-electron chi connectivity index (χ1n) is 6.77. The Labute approximate surface area is 116 Å². The van der Waals surface area contributed by atoms with Crippen LogP contribution in [0.2, 0.25) is 0 Å². The molecule has 3 heteroatoms. The first-order valence-corrected chi connectivity index (χ1v) is 6.77. The van der Waals surface area contributed by atoms with E-state index in [-0.39, 0.29) is 5.91 Å². The van der Waals surface area contributed by atoms with Gasteiger partial charge in [0, 0.05) is 23.2 Å². The van der Waals surface area contributed by atoms with Crippen molar-refractivity contribution >= 4 is 33.1 Å². The summed E-state index contributed by atoms with van der Waals surface area (Å²) in [6.07, 6.45) is 0.858. The van der Waals surface area contributed by atoms with Gasteiger partial charge >= 0.3 is 0 Å². The van der Waals surface area contributed by atoms with E-state index in [1.165, 1.54) is 10.8 Å². The van der Waals surface area contributed by atoms with Gasteiger partial charge in [-0.1, -0.05) is 36.4 Å². The fraction of sp³-hybridized carbons (Fsp3) is 0.118. The number of amides is 1. The number of hydrogen-bond acceptors (Lipinski definition) is 2. The third-order valence-corrected chi connectivity index (χ3v) is 4.10. The van der Waals surface area contributed by atoms with Crippen molar-refractivity contribution in [3.05, 3.63) is 53.6 Å². The highest BCUT2D eigenvalue weighted by atomic mass is 16.1. The molecule has 1 aliphatic rings. The fourth-order valence-corrected chi connectivity index (χ4v) is 3.19. The highest BCUT2D eigenvalue weighted by Crippen LogP contribution is 2.37. The first-order chi connectivity index (χ1) is 9.75. The van der Waals surface area contributed by atoms with Gasteiger partial charge in [0.1, 0.15) is 0 Å². The predicted octanol–water partition coefficient (Wildman–Crippen LogP) is 3.06. The highest BCUT2D eigenvalue weighted by molar-refractivity contribution is 6.15. The Morgan fingerprint density at radius 1 is 1.05 bits per heavy atom. The van der Waals surface area contributed by atoms with Crippen LogP contribution < -0.4 is 11.1 Å². The van der Waals surface area contributed by atoms with Gasteiger partial charge < -0.3 is 11.1 Å². The van der Waals surface area contributed by atoms with Crippen LogP contribution in [-0.2, 0) is 6.42 Å². The van der Waals surface area contributed by atoms with Crippen LogP contribution in [0.4, 0.5) is 5.69 Å². The zero-order valence-corrected chi connectivity index (χ0v) is 10.9. The summed E-state index contributed by atoms with van der Waals surface area (Å²) in [5.74, 6) is -0.347. The van der Waals surface area contributed by atoms with E-state index >= 15 is 0 Å². The van der Waals surface area contributed by atoms with E-state index in [1.807, 2.05) is 18.2 Å². The molecule has 98 valence electrons. The summed E-state index contributed by atoms with van der Waals surface area (Å²) in [7, 11) is 0. The van der Waals surface area contributed by atoms with Crippen LogP contribution in [0.5, 0.6) is 0 Å². The number of nitrogens with two attached hydrogens (primary N) is 1. The van der Waals surface area contributed by atoms with Gasteiger partial charge in [-0.15, -0.1) is 0 Å². The largest absolute Gasteiger partial charge is 0.384 e. The maximum atomic E-state index is 11.7. The minimum atomic E-state index is -0.347. The third kappa shape index (κ3) is 1.43. The molecule has 0 saturated carbocycles. The number of benzene rings is 3. The zero-order valence-electron chi connectivity index (χ0n) is 10.9. The normalized spacial score (nSPS) is 13.4. The quantitative estimate of drug-likeness (QED) is 0.662. The molecule has 0 fully saturated rings. The Kier molecular flexibility index (Phi) is 2.24. The molecule has 3 aromatic rings. The van der Waals surface area contributed by atoms with E-state index in [0.29, 0.717) is 5.56 Å². The van der Waals surface area contributed by atoms with Crippen molar-refractivity contribution in [1.29, 1.82) is 0 Å². The second kappa shape index (κ2) is 3.97. The average Bonchev–Trinajstić information content (AvgIpc) is 2.95. The minimum Gasteiger partial charge on any atom is -0.384 e. The van der Waals surface area contributed by atoms with Crippen molar-refractivity contribution in [3.8, 4) is 0 Å². The van der Waals surface area contributed by atoms with Gasteiger partial charge in [-0.05, 0) is 34.2 Å². The summed E-state index contributed by atoms with van der Waals surface area (Å²) in [6.45, 7) is 0.863. The van der Waals surface area contributed by atoms with E-state index in [9.17, 15) is 4.79 Å². The Morgan fingerprint density at radius 2 is 1.90 bits per heavy atom. The topological polar surface area (TPSA) is 55.1 Å². The smallest absolute Gasteiger partial charge is 0.249 e. The van der Waals surface area contributed by atoms with Gasteiger partial charge in [-0.3, -0.25) is 4.79 Å². The molecule has 0 spiro atoms. The number of anilines is 1. The molecule has 0 saturated heterocycles. The predicted molar refractivity (Wildman–Crippen MR) is 82.2 cm³/mol. The van der Waals surface area contributed by atoms with Gasteiger partial charge in [0.05, 0.1) is 0 Å². The minimum absolute atomic E-state index is 0.347. The van der Waals surface area contributed by atoms with Crippen molar-refractivity contribution in [2.45, 2.75) is 6.42 Å². The van der Waals surface area contributed by atoms with Crippen LogP contribution in [0.25, 0.3) is 21.5 Å². The van der Waals surface area contributed by atoms with Crippen LogP contribution in [0, 0.1) is 0 Å². The Bertz CT molecular complexity index is 868. The van der Waals surface area contributed by atoms with Gasteiger partial charge in [0.2, 0.25) is 5.91 Å². The Hall–Kier alpha value is -2.55. The van der Waals surface area contributed by atoms with E-state index in [4.69, 9.17) is 5.73 Å². The molecule has 3 nitrogen and oxygen atoms in total. The molecule has 0 bridgehead atoms. The summed E-state index contributed by atoms with van der Waals surface area (Å²) in [5, 5.41) is 7.98. The second-order valence-corrected chi connectivity index (χ2v) is 5.20. The summed E-state index contributed by atoms with van der Waals surface area (Å²) in [4.78, 5) is 11.7. The maximum absolute atomic E-state index is 11.7. The standard InChI is InChI=1S/C17H14N2O/c18-17(20)15-9-14-11-4-2-1-3-10(11)5-6-12(14)16-13(15)7-8-19-16/h1-6,9,19H,7-8H2,(H2,18,20). The molecule has 1 heterocycles. The lowest BCUT2D eigenvalue weighted by atomic mass is 9.94. The highest BCUT2D eigenvalue weighted by Gasteiger charge is 2.21. The number of rotatable bonds is 1. The molecule has 0 radical (unpaired) electrons. The third-order valence-electron chi connectivity index (χ3n) is 4.10. The molecule has 4 rings (SSSR count). The molecule has 1 aliphatic heterocycles.